The summed E-state index contributed by atoms with van der Waals surface area (Å²) in [5, 5.41) is 0. The summed E-state index contributed by atoms with van der Waals surface area (Å²) in [6, 6.07) is 8.55. The second-order valence-electron chi connectivity index (χ2n) is 3.78. The van der Waals surface area contributed by atoms with Crippen LogP contribution in [0, 0.1) is 17.5 Å². The summed E-state index contributed by atoms with van der Waals surface area (Å²) >= 11 is 0. The molecule has 0 heterocycles. The quantitative estimate of drug-likeness (QED) is 0.484. The third kappa shape index (κ3) is 2.54. The Labute approximate surface area is 106 Å². The van der Waals surface area contributed by atoms with E-state index >= 15 is 0 Å². The molecule has 2 rings (SSSR count). The van der Waals surface area contributed by atoms with E-state index in [0.717, 1.165) is 0 Å². The molecule has 0 unspecified atom stereocenters. The van der Waals surface area contributed by atoms with E-state index in [0.29, 0.717) is 12.1 Å². The van der Waals surface area contributed by atoms with Gasteiger partial charge in [-0.3, -0.25) is 9.59 Å². The van der Waals surface area contributed by atoms with Crippen LogP contribution in [0.15, 0.2) is 42.5 Å². The van der Waals surface area contributed by atoms with Gasteiger partial charge in [-0.25, -0.2) is 13.2 Å². The lowest BCUT2D eigenvalue weighted by Crippen LogP contribution is -2.15. The number of Topliss-reactive ketones (excluding diaryl/α,β-unsaturated/α-hetero) is 2. The SMILES string of the molecule is O=C(C(=O)c1cc(F)c(F)c(F)c1)c1ccccc1. The summed E-state index contributed by atoms with van der Waals surface area (Å²) in [6.45, 7) is 0. The molecule has 0 N–H and O–H groups in total. The first kappa shape index (κ1) is 13.0. The number of benzene rings is 2. The van der Waals surface area contributed by atoms with Gasteiger partial charge in [0.05, 0.1) is 0 Å². The maximum absolute atomic E-state index is 13.0. The molecule has 0 atom stereocenters. The summed E-state index contributed by atoms with van der Waals surface area (Å²) < 4.78 is 38.7. The first-order chi connectivity index (χ1) is 9.00. The van der Waals surface area contributed by atoms with Crippen LogP contribution in [0.4, 0.5) is 13.2 Å². The molecule has 0 aromatic heterocycles. The molecule has 2 nitrogen and oxygen atoms in total. The van der Waals surface area contributed by atoms with Crippen LogP contribution < -0.4 is 0 Å². The Bertz CT molecular complexity index is 628. The van der Waals surface area contributed by atoms with Crippen molar-refractivity contribution in [3.05, 3.63) is 71.0 Å². The highest BCUT2D eigenvalue weighted by atomic mass is 19.2. The zero-order valence-electron chi connectivity index (χ0n) is 9.49. The lowest BCUT2D eigenvalue weighted by molar-refractivity contribution is 0.0816. The molecule has 0 amide bonds. The maximum atomic E-state index is 13.0. The van der Waals surface area contributed by atoms with Gasteiger partial charge >= 0.3 is 0 Å². The monoisotopic (exact) mass is 264 g/mol. The van der Waals surface area contributed by atoms with E-state index in [2.05, 4.69) is 0 Å². The first-order valence-corrected chi connectivity index (χ1v) is 5.29. The van der Waals surface area contributed by atoms with Crippen LogP contribution in [0.2, 0.25) is 0 Å². The molecule has 5 heteroatoms. The number of halogens is 3. The lowest BCUT2D eigenvalue weighted by Gasteiger charge is -2.02. The fourth-order valence-electron chi connectivity index (χ4n) is 1.54. The molecule has 0 saturated heterocycles. The smallest absolute Gasteiger partial charge is 0.233 e. The fourth-order valence-corrected chi connectivity index (χ4v) is 1.54. The summed E-state index contributed by atoms with van der Waals surface area (Å²) in [6.07, 6.45) is 0. The van der Waals surface area contributed by atoms with E-state index in [1.165, 1.54) is 12.1 Å². The average molecular weight is 264 g/mol. The molecule has 0 bridgehead atoms. The van der Waals surface area contributed by atoms with Crippen molar-refractivity contribution in [2.24, 2.45) is 0 Å². The van der Waals surface area contributed by atoms with Gasteiger partial charge in [-0.2, -0.15) is 0 Å². The van der Waals surface area contributed by atoms with Gasteiger partial charge in [0.1, 0.15) is 0 Å². The zero-order valence-corrected chi connectivity index (χ0v) is 9.49. The minimum atomic E-state index is -1.68. The van der Waals surface area contributed by atoms with E-state index in [9.17, 15) is 22.8 Å². The Balaban J connectivity index is 2.38. The minimum absolute atomic E-state index is 0.0950. The minimum Gasteiger partial charge on any atom is -0.285 e. The van der Waals surface area contributed by atoms with Gasteiger partial charge in [-0.05, 0) is 12.1 Å². The van der Waals surface area contributed by atoms with Crippen LogP contribution in [-0.4, -0.2) is 11.6 Å². The van der Waals surface area contributed by atoms with Crippen molar-refractivity contribution >= 4 is 11.6 Å². The molecule has 0 saturated carbocycles. The lowest BCUT2D eigenvalue weighted by atomic mass is 10.0. The standard InChI is InChI=1S/C14H7F3O2/c15-10-6-9(7-11(16)12(10)17)14(19)13(18)8-4-2-1-3-5-8/h1-7H. The summed E-state index contributed by atoms with van der Waals surface area (Å²) in [5.74, 6) is -6.70. The first-order valence-electron chi connectivity index (χ1n) is 5.29. The highest BCUT2D eigenvalue weighted by Crippen LogP contribution is 2.15. The van der Waals surface area contributed by atoms with E-state index < -0.39 is 34.6 Å². The number of carbonyl (C=O) groups excluding carboxylic acids is 2. The summed E-state index contributed by atoms with van der Waals surface area (Å²) in [7, 11) is 0. The Morgan fingerprint density at radius 2 is 1.21 bits per heavy atom. The van der Waals surface area contributed by atoms with E-state index in [4.69, 9.17) is 0 Å². The molecule has 19 heavy (non-hydrogen) atoms. The molecule has 2 aromatic rings. The molecule has 0 aliphatic heterocycles. The molecule has 0 radical (unpaired) electrons. The largest absolute Gasteiger partial charge is 0.285 e. The van der Waals surface area contributed by atoms with Gasteiger partial charge in [0.25, 0.3) is 0 Å². The Kier molecular flexibility index (Phi) is 3.46. The average Bonchev–Trinajstić information content (AvgIpc) is 2.43. The van der Waals surface area contributed by atoms with Crippen molar-refractivity contribution in [2.45, 2.75) is 0 Å². The second kappa shape index (κ2) is 5.06. The Hall–Kier alpha value is -2.43. The fraction of sp³-hybridized carbons (Fsp3) is 0. The van der Waals surface area contributed by atoms with E-state index in [1.54, 1.807) is 18.2 Å². The predicted octanol–water partition coefficient (Wildman–Crippen LogP) is 3.17. The van der Waals surface area contributed by atoms with Crippen LogP contribution in [-0.2, 0) is 0 Å². The Morgan fingerprint density at radius 3 is 1.74 bits per heavy atom. The number of ketones is 2. The normalized spacial score (nSPS) is 10.3. The van der Waals surface area contributed by atoms with Crippen molar-refractivity contribution in [3.8, 4) is 0 Å². The molecule has 0 aliphatic carbocycles. The van der Waals surface area contributed by atoms with Crippen molar-refractivity contribution in [2.75, 3.05) is 0 Å². The number of hydrogen-bond acceptors (Lipinski definition) is 2. The van der Waals surface area contributed by atoms with Crippen LogP contribution >= 0.6 is 0 Å². The third-order valence-corrected chi connectivity index (χ3v) is 2.49. The van der Waals surface area contributed by atoms with Crippen LogP contribution in [0.5, 0.6) is 0 Å². The highest BCUT2D eigenvalue weighted by Gasteiger charge is 2.21. The van der Waals surface area contributed by atoms with Gasteiger partial charge in [0.15, 0.2) is 17.5 Å². The molecular formula is C14H7F3O2. The number of rotatable bonds is 3. The van der Waals surface area contributed by atoms with Gasteiger partial charge in [0.2, 0.25) is 11.6 Å². The summed E-state index contributed by atoms with van der Waals surface area (Å²) in [5.41, 5.74) is -0.428. The van der Waals surface area contributed by atoms with Gasteiger partial charge in [-0.1, -0.05) is 30.3 Å². The van der Waals surface area contributed by atoms with Gasteiger partial charge < -0.3 is 0 Å². The van der Waals surface area contributed by atoms with Crippen LogP contribution in [0.25, 0.3) is 0 Å². The van der Waals surface area contributed by atoms with E-state index in [1.807, 2.05) is 0 Å². The van der Waals surface area contributed by atoms with Crippen molar-refractivity contribution < 1.29 is 22.8 Å². The highest BCUT2D eigenvalue weighted by molar-refractivity contribution is 6.49. The molecule has 0 spiro atoms. The second-order valence-corrected chi connectivity index (χ2v) is 3.78. The zero-order chi connectivity index (χ0) is 14.0. The van der Waals surface area contributed by atoms with Gasteiger partial charge in [-0.15, -0.1) is 0 Å². The van der Waals surface area contributed by atoms with Gasteiger partial charge in [0, 0.05) is 11.1 Å². The maximum Gasteiger partial charge on any atom is 0.233 e. The number of carbonyl (C=O) groups is 2. The molecular weight excluding hydrogens is 257 g/mol. The molecule has 2 aromatic carbocycles. The van der Waals surface area contributed by atoms with Crippen molar-refractivity contribution in [1.82, 2.24) is 0 Å². The summed E-state index contributed by atoms with van der Waals surface area (Å²) in [4.78, 5) is 23.5. The molecule has 0 fully saturated rings. The predicted molar refractivity (Wildman–Crippen MR) is 61.4 cm³/mol. The Morgan fingerprint density at radius 1 is 0.737 bits per heavy atom. The van der Waals surface area contributed by atoms with E-state index in [-0.39, 0.29) is 5.56 Å². The van der Waals surface area contributed by atoms with Crippen molar-refractivity contribution in [1.29, 1.82) is 0 Å². The van der Waals surface area contributed by atoms with Crippen molar-refractivity contribution in [3.63, 3.8) is 0 Å². The topological polar surface area (TPSA) is 34.1 Å². The van der Waals surface area contributed by atoms with Crippen LogP contribution in [0.3, 0.4) is 0 Å². The number of hydrogen-bond donors (Lipinski definition) is 0. The van der Waals surface area contributed by atoms with Crippen LogP contribution in [0.1, 0.15) is 20.7 Å². The molecule has 0 aliphatic rings. The molecule has 96 valence electrons. The third-order valence-electron chi connectivity index (χ3n) is 2.49.